The van der Waals surface area contributed by atoms with E-state index in [4.69, 9.17) is 19.7 Å². The molecule has 1 fully saturated rings. The second kappa shape index (κ2) is 8.94. The summed E-state index contributed by atoms with van der Waals surface area (Å²) in [4.78, 5) is 11.0. The van der Waals surface area contributed by atoms with E-state index in [1.807, 2.05) is 0 Å². The van der Waals surface area contributed by atoms with E-state index in [0.29, 0.717) is 0 Å². The minimum atomic E-state index is -1.97. The Balaban J connectivity index is 2.79. The summed E-state index contributed by atoms with van der Waals surface area (Å²) in [6.45, 7) is -1.60. The number of aliphatic hydroxyl groups excluding tert-OH is 8. The number of ether oxygens (including phenoxy) is 2. The Morgan fingerprint density at radius 3 is 2.09 bits per heavy atom. The SMILES string of the molecule is O=C[C@H](O[C@H]1O[C@H](CO)[C@@H](O)[C@@H](O)[C@@H]1O)[C@@H](O)[C@H](O)[C@H](O)CO. The van der Waals surface area contributed by atoms with Gasteiger partial charge in [-0.25, -0.2) is 0 Å². The maximum absolute atomic E-state index is 11.0. The highest BCUT2D eigenvalue weighted by Gasteiger charge is 2.46. The summed E-state index contributed by atoms with van der Waals surface area (Å²) in [7, 11) is 0. The zero-order valence-electron chi connectivity index (χ0n) is 12.0. The highest BCUT2D eigenvalue weighted by molar-refractivity contribution is 5.57. The van der Waals surface area contributed by atoms with Gasteiger partial charge in [0.25, 0.3) is 0 Å². The molecule has 0 aromatic rings. The molecule has 23 heavy (non-hydrogen) atoms. The normalized spacial score (nSPS) is 37.0. The number of aldehydes is 1. The van der Waals surface area contributed by atoms with Crippen LogP contribution in [0.3, 0.4) is 0 Å². The predicted molar refractivity (Wildman–Crippen MR) is 69.8 cm³/mol. The fraction of sp³-hybridized carbons (Fsp3) is 0.917. The fourth-order valence-corrected chi connectivity index (χ4v) is 2.06. The standard InChI is InChI=1S/C12H22O11/c13-1-4(16)7(17)8(18)5(2-14)22-12-11(21)10(20)9(19)6(3-15)23-12/h2,4-13,15-21H,1,3H2/t4-,5+,6-,7-,8-,9-,10-,11+,12+/m1/s1. The van der Waals surface area contributed by atoms with Crippen LogP contribution in [-0.4, -0.2) is 115 Å². The number of rotatable bonds is 8. The average molecular weight is 342 g/mol. The van der Waals surface area contributed by atoms with Crippen molar-refractivity contribution in [2.75, 3.05) is 13.2 Å². The molecule has 0 spiro atoms. The van der Waals surface area contributed by atoms with Crippen LogP contribution in [0.4, 0.5) is 0 Å². The van der Waals surface area contributed by atoms with E-state index in [1.165, 1.54) is 0 Å². The van der Waals surface area contributed by atoms with Gasteiger partial charge in [-0.1, -0.05) is 0 Å². The van der Waals surface area contributed by atoms with E-state index < -0.39 is 68.3 Å². The number of carbonyl (C=O) groups is 1. The Labute approximate surface area is 130 Å². The zero-order chi connectivity index (χ0) is 17.7. The summed E-state index contributed by atoms with van der Waals surface area (Å²) in [5.74, 6) is 0. The van der Waals surface area contributed by atoms with E-state index in [0.717, 1.165) is 0 Å². The molecular weight excluding hydrogens is 320 g/mol. The van der Waals surface area contributed by atoms with Crippen LogP contribution in [0.15, 0.2) is 0 Å². The van der Waals surface area contributed by atoms with Crippen molar-refractivity contribution < 1.29 is 55.1 Å². The summed E-state index contributed by atoms with van der Waals surface area (Å²) in [6.07, 6.45) is -15.5. The van der Waals surface area contributed by atoms with Gasteiger partial charge in [0.2, 0.25) is 0 Å². The van der Waals surface area contributed by atoms with Crippen LogP contribution in [0.5, 0.6) is 0 Å². The molecule has 0 radical (unpaired) electrons. The molecule has 0 bridgehead atoms. The molecule has 9 atom stereocenters. The monoisotopic (exact) mass is 342 g/mol. The van der Waals surface area contributed by atoms with E-state index in [9.17, 15) is 35.4 Å². The van der Waals surface area contributed by atoms with Gasteiger partial charge in [0.05, 0.1) is 13.2 Å². The first kappa shape index (κ1) is 20.3. The topological polar surface area (TPSA) is 197 Å². The lowest BCUT2D eigenvalue weighted by Crippen LogP contribution is -2.60. The van der Waals surface area contributed by atoms with Gasteiger partial charge in [-0.3, -0.25) is 0 Å². The number of aliphatic hydroxyl groups is 8. The van der Waals surface area contributed by atoms with Crippen LogP contribution in [0.2, 0.25) is 0 Å². The van der Waals surface area contributed by atoms with Crippen molar-refractivity contribution in [3.8, 4) is 0 Å². The second-order valence-electron chi connectivity index (χ2n) is 5.17. The maximum Gasteiger partial charge on any atom is 0.187 e. The quantitative estimate of drug-likeness (QED) is 0.196. The minimum Gasteiger partial charge on any atom is -0.394 e. The highest BCUT2D eigenvalue weighted by atomic mass is 16.7. The lowest BCUT2D eigenvalue weighted by atomic mass is 9.99. The molecule has 0 amide bonds. The van der Waals surface area contributed by atoms with Crippen molar-refractivity contribution in [3.05, 3.63) is 0 Å². The lowest BCUT2D eigenvalue weighted by Gasteiger charge is -2.41. The van der Waals surface area contributed by atoms with Crippen molar-refractivity contribution in [2.45, 2.75) is 55.1 Å². The van der Waals surface area contributed by atoms with E-state index in [1.54, 1.807) is 0 Å². The molecule has 1 saturated heterocycles. The van der Waals surface area contributed by atoms with Gasteiger partial charge in [0.1, 0.15) is 48.8 Å². The van der Waals surface area contributed by atoms with Gasteiger partial charge < -0.3 is 55.1 Å². The van der Waals surface area contributed by atoms with Crippen LogP contribution in [0.1, 0.15) is 0 Å². The summed E-state index contributed by atoms with van der Waals surface area (Å²) in [6, 6.07) is 0. The van der Waals surface area contributed by atoms with Crippen LogP contribution in [-0.2, 0) is 14.3 Å². The molecule has 1 aliphatic heterocycles. The van der Waals surface area contributed by atoms with Crippen molar-refractivity contribution in [2.24, 2.45) is 0 Å². The van der Waals surface area contributed by atoms with Crippen LogP contribution < -0.4 is 0 Å². The highest BCUT2D eigenvalue weighted by Crippen LogP contribution is 2.23. The average Bonchev–Trinajstić information content (AvgIpc) is 2.57. The summed E-state index contributed by atoms with van der Waals surface area (Å²) >= 11 is 0. The molecule has 0 aromatic carbocycles. The van der Waals surface area contributed by atoms with Gasteiger partial charge in [-0.2, -0.15) is 0 Å². The molecular formula is C12H22O11. The first-order valence-corrected chi connectivity index (χ1v) is 6.84. The molecule has 0 unspecified atom stereocenters. The van der Waals surface area contributed by atoms with Crippen molar-refractivity contribution >= 4 is 6.29 Å². The third kappa shape index (κ3) is 4.64. The lowest BCUT2D eigenvalue weighted by molar-refractivity contribution is -0.315. The summed E-state index contributed by atoms with van der Waals surface area (Å²) in [5, 5.41) is 75.2. The van der Waals surface area contributed by atoms with Crippen LogP contribution >= 0.6 is 0 Å². The molecule has 1 aliphatic rings. The van der Waals surface area contributed by atoms with Gasteiger partial charge in [0.15, 0.2) is 12.6 Å². The minimum absolute atomic E-state index is 0.0550. The van der Waals surface area contributed by atoms with Gasteiger partial charge >= 0.3 is 0 Å². The third-order valence-corrected chi connectivity index (χ3v) is 3.54. The Morgan fingerprint density at radius 1 is 1.00 bits per heavy atom. The van der Waals surface area contributed by atoms with Gasteiger partial charge in [-0.05, 0) is 0 Å². The van der Waals surface area contributed by atoms with Crippen molar-refractivity contribution in [3.63, 3.8) is 0 Å². The van der Waals surface area contributed by atoms with Crippen molar-refractivity contribution in [1.82, 2.24) is 0 Å². The number of carbonyl (C=O) groups excluding carboxylic acids is 1. The molecule has 1 heterocycles. The second-order valence-corrected chi connectivity index (χ2v) is 5.17. The maximum atomic E-state index is 11.0. The molecule has 11 nitrogen and oxygen atoms in total. The van der Waals surface area contributed by atoms with E-state index >= 15 is 0 Å². The fourth-order valence-electron chi connectivity index (χ4n) is 2.06. The number of hydrogen-bond donors (Lipinski definition) is 8. The first-order valence-electron chi connectivity index (χ1n) is 6.84. The summed E-state index contributed by atoms with van der Waals surface area (Å²) < 4.78 is 9.94. The van der Waals surface area contributed by atoms with E-state index in [2.05, 4.69) is 0 Å². The van der Waals surface area contributed by atoms with Crippen molar-refractivity contribution in [1.29, 1.82) is 0 Å². The van der Waals surface area contributed by atoms with Crippen LogP contribution in [0.25, 0.3) is 0 Å². The molecule has 0 aromatic heterocycles. The Bertz CT molecular complexity index is 365. The molecule has 0 aliphatic carbocycles. The number of hydrogen-bond acceptors (Lipinski definition) is 11. The Morgan fingerprint density at radius 2 is 1.61 bits per heavy atom. The first-order chi connectivity index (χ1) is 10.8. The Hall–Kier alpha value is -0.730. The largest absolute Gasteiger partial charge is 0.394 e. The molecule has 0 saturated carbocycles. The van der Waals surface area contributed by atoms with E-state index in [-0.39, 0.29) is 6.29 Å². The van der Waals surface area contributed by atoms with Gasteiger partial charge in [0, 0.05) is 0 Å². The molecule has 136 valence electrons. The van der Waals surface area contributed by atoms with Gasteiger partial charge in [-0.15, -0.1) is 0 Å². The predicted octanol–water partition coefficient (Wildman–Crippen LogP) is -5.55. The zero-order valence-corrected chi connectivity index (χ0v) is 12.0. The molecule has 11 heteroatoms. The third-order valence-electron chi connectivity index (χ3n) is 3.54. The summed E-state index contributed by atoms with van der Waals surface area (Å²) in [5.41, 5.74) is 0. The molecule has 1 rings (SSSR count). The Kier molecular flexibility index (Phi) is 7.89. The smallest absolute Gasteiger partial charge is 0.187 e. The molecule has 8 N–H and O–H groups in total. The van der Waals surface area contributed by atoms with Crippen LogP contribution in [0, 0.1) is 0 Å².